The highest BCUT2D eigenvalue weighted by atomic mass is 16.6. The topological polar surface area (TPSA) is 90.2 Å². The summed E-state index contributed by atoms with van der Waals surface area (Å²) in [7, 11) is 1.64. The van der Waals surface area contributed by atoms with Crippen molar-refractivity contribution in [3.8, 4) is 5.88 Å². The van der Waals surface area contributed by atoms with E-state index in [9.17, 15) is 10.1 Å². The Kier molecular flexibility index (Phi) is 4.41. The van der Waals surface area contributed by atoms with E-state index in [2.05, 4.69) is 36.1 Å². The van der Waals surface area contributed by atoms with Gasteiger partial charge < -0.3 is 10.1 Å². The van der Waals surface area contributed by atoms with Crippen LogP contribution in [-0.4, -0.2) is 28.5 Å². The van der Waals surface area contributed by atoms with E-state index in [1.807, 2.05) is 0 Å². The third-order valence-corrected chi connectivity index (χ3v) is 2.25. The fourth-order valence-electron chi connectivity index (χ4n) is 1.17. The van der Waals surface area contributed by atoms with Crippen molar-refractivity contribution in [3.63, 3.8) is 0 Å². The zero-order valence-corrected chi connectivity index (χ0v) is 11.1. The van der Waals surface area contributed by atoms with Crippen LogP contribution in [0, 0.1) is 15.5 Å². The predicted molar refractivity (Wildman–Crippen MR) is 67.8 cm³/mol. The lowest BCUT2D eigenvalue weighted by molar-refractivity contribution is -0.386. The van der Waals surface area contributed by atoms with E-state index in [1.165, 1.54) is 0 Å². The van der Waals surface area contributed by atoms with Gasteiger partial charge in [-0.2, -0.15) is 4.98 Å². The molecule has 1 heterocycles. The van der Waals surface area contributed by atoms with Gasteiger partial charge in [0.1, 0.15) is 6.20 Å². The fourth-order valence-corrected chi connectivity index (χ4v) is 1.17. The maximum atomic E-state index is 10.8. The van der Waals surface area contributed by atoms with Gasteiger partial charge in [-0.15, -0.1) is 0 Å². The van der Waals surface area contributed by atoms with Crippen LogP contribution in [0.3, 0.4) is 0 Å². The number of nitrogens with one attached hydrogen (secondary N) is 1. The van der Waals surface area contributed by atoms with Gasteiger partial charge in [-0.25, -0.2) is 4.98 Å². The van der Waals surface area contributed by atoms with Gasteiger partial charge in [0.05, 0.1) is 11.5 Å². The molecule has 0 atom stereocenters. The summed E-state index contributed by atoms with van der Waals surface area (Å²) < 4.78 is 5.38. The van der Waals surface area contributed by atoms with Crippen LogP contribution < -0.4 is 10.1 Å². The lowest BCUT2D eigenvalue weighted by atomic mass is 9.93. The zero-order valence-electron chi connectivity index (χ0n) is 11.1. The van der Waals surface area contributed by atoms with Gasteiger partial charge in [-0.1, -0.05) is 20.8 Å². The quantitative estimate of drug-likeness (QED) is 0.640. The molecule has 7 nitrogen and oxygen atoms in total. The Morgan fingerprint density at radius 2 is 2.17 bits per heavy atom. The second-order valence-corrected chi connectivity index (χ2v) is 5.05. The van der Waals surface area contributed by atoms with E-state index in [0.29, 0.717) is 12.6 Å². The van der Waals surface area contributed by atoms with E-state index in [-0.39, 0.29) is 17.0 Å². The van der Waals surface area contributed by atoms with E-state index in [0.717, 1.165) is 12.6 Å². The summed E-state index contributed by atoms with van der Waals surface area (Å²) in [5.41, 5.74) is -0.115. The van der Waals surface area contributed by atoms with Gasteiger partial charge in [0.2, 0.25) is 5.95 Å². The van der Waals surface area contributed by atoms with Crippen LogP contribution in [0.5, 0.6) is 5.88 Å². The van der Waals surface area contributed by atoms with Crippen LogP contribution in [0.1, 0.15) is 27.2 Å². The first-order valence-electron chi connectivity index (χ1n) is 5.65. The largest absolute Gasteiger partial charge is 0.473 e. The SMILES string of the molecule is CNc1ncc([N+](=O)[O-])c(OCCC(C)(C)C)n1. The zero-order chi connectivity index (χ0) is 13.8. The molecule has 0 aromatic carbocycles. The molecule has 100 valence electrons. The first-order valence-corrected chi connectivity index (χ1v) is 5.65. The summed E-state index contributed by atoms with van der Waals surface area (Å²) in [5, 5.41) is 13.5. The first-order chi connectivity index (χ1) is 8.33. The molecule has 0 bridgehead atoms. The number of ether oxygens (including phenoxy) is 1. The number of hydrogen-bond donors (Lipinski definition) is 1. The molecule has 18 heavy (non-hydrogen) atoms. The van der Waals surface area contributed by atoms with Gasteiger partial charge in [0.25, 0.3) is 5.88 Å². The van der Waals surface area contributed by atoms with Crippen LogP contribution in [0.4, 0.5) is 11.6 Å². The smallest absolute Gasteiger partial charge is 0.349 e. The Morgan fingerprint density at radius 1 is 1.50 bits per heavy atom. The molecule has 1 rings (SSSR count). The molecule has 1 N–H and O–H groups in total. The van der Waals surface area contributed by atoms with Crippen LogP contribution in [0.2, 0.25) is 0 Å². The molecule has 0 saturated carbocycles. The highest BCUT2D eigenvalue weighted by molar-refractivity contribution is 5.42. The number of aromatic nitrogens is 2. The van der Waals surface area contributed by atoms with Crippen LogP contribution in [0.25, 0.3) is 0 Å². The van der Waals surface area contributed by atoms with Gasteiger partial charge in [-0.05, 0) is 11.8 Å². The van der Waals surface area contributed by atoms with Crippen molar-refractivity contribution >= 4 is 11.6 Å². The summed E-state index contributed by atoms with van der Waals surface area (Å²) in [5.74, 6) is 0.301. The third-order valence-electron chi connectivity index (χ3n) is 2.25. The Morgan fingerprint density at radius 3 is 2.67 bits per heavy atom. The average molecular weight is 254 g/mol. The first kappa shape index (κ1) is 14.1. The fraction of sp³-hybridized carbons (Fsp3) is 0.636. The molecule has 1 aromatic heterocycles. The number of nitro groups is 1. The Hall–Kier alpha value is -1.92. The van der Waals surface area contributed by atoms with E-state index in [1.54, 1.807) is 7.05 Å². The average Bonchev–Trinajstić information content (AvgIpc) is 2.26. The molecule has 0 amide bonds. The van der Waals surface area contributed by atoms with Crippen molar-refractivity contribution in [3.05, 3.63) is 16.3 Å². The molecule has 0 aliphatic heterocycles. The molecule has 0 aliphatic carbocycles. The predicted octanol–water partition coefficient (Wildman–Crippen LogP) is 2.24. The third kappa shape index (κ3) is 4.15. The van der Waals surface area contributed by atoms with Gasteiger partial charge in [0.15, 0.2) is 0 Å². The molecule has 7 heteroatoms. The van der Waals surface area contributed by atoms with Crippen molar-refractivity contribution in [1.82, 2.24) is 9.97 Å². The molecular weight excluding hydrogens is 236 g/mol. The van der Waals surface area contributed by atoms with Crippen LogP contribution >= 0.6 is 0 Å². The molecule has 0 radical (unpaired) electrons. The van der Waals surface area contributed by atoms with Crippen molar-refractivity contribution in [2.24, 2.45) is 5.41 Å². The number of anilines is 1. The van der Waals surface area contributed by atoms with E-state index in [4.69, 9.17) is 4.74 Å². The summed E-state index contributed by atoms with van der Waals surface area (Å²) in [4.78, 5) is 18.0. The normalized spacial score (nSPS) is 11.1. The number of hydrogen-bond acceptors (Lipinski definition) is 6. The van der Waals surface area contributed by atoms with Crippen molar-refractivity contribution < 1.29 is 9.66 Å². The van der Waals surface area contributed by atoms with Crippen molar-refractivity contribution in [2.75, 3.05) is 19.0 Å². The second-order valence-electron chi connectivity index (χ2n) is 5.05. The lowest BCUT2D eigenvalue weighted by Crippen LogP contribution is -2.12. The molecular formula is C11H18N4O3. The standard InChI is InChI=1S/C11H18N4O3/c1-11(2,3)5-6-18-9-8(15(16)17)7-13-10(12-4)14-9/h7H,5-6H2,1-4H3,(H,12,13,14). The Labute approximate surface area is 106 Å². The van der Waals surface area contributed by atoms with Gasteiger partial charge in [-0.3, -0.25) is 10.1 Å². The number of nitrogens with zero attached hydrogens (tertiary/aromatic N) is 3. The summed E-state index contributed by atoms with van der Waals surface area (Å²) in [6.45, 7) is 6.60. The molecule has 0 fully saturated rings. The Balaban J connectivity index is 2.81. The minimum atomic E-state index is -0.550. The molecule has 0 aliphatic rings. The molecule has 0 spiro atoms. The maximum absolute atomic E-state index is 10.8. The van der Waals surface area contributed by atoms with E-state index < -0.39 is 4.92 Å². The molecule has 0 saturated heterocycles. The lowest BCUT2D eigenvalue weighted by Gasteiger charge is -2.17. The van der Waals surface area contributed by atoms with Crippen LogP contribution in [0.15, 0.2) is 6.20 Å². The molecule has 0 unspecified atom stereocenters. The minimum Gasteiger partial charge on any atom is -0.473 e. The maximum Gasteiger partial charge on any atom is 0.349 e. The van der Waals surface area contributed by atoms with Crippen LogP contribution in [-0.2, 0) is 0 Å². The van der Waals surface area contributed by atoms with Crippen molar-refractivity contribution in [1.29, 1.82) is 0 Å². The van der Waals surface area contributed by atoms with Crippen molar-refractivity contribution in [2.45, 2.75) is 27.2 Å². The monoisotopic (exact) mass is 254 g/mol. The molecule has 1 aromatic rings. The highest BCUT2D eigenvalue weighted by Gasteiger charge is 2.19. The minimum absolute atomic E-state index is 0.00333. The van der Waals surface area contributed by atoms with Gasteiger partial charge >= 0.3 is 5.69 Å². The van der Waals surface area contributed by atoms with Gasteiger partial charge in [0, 0.05) is 7.05 Å². The summed E-state index contributed by atoms with van der Waals surface area (Å²) in [6, 6.07) is 0. The summed E-state index contributed by atoms with van der Waals surface area (Å²) in [6.07, 6.45) is 1.92. The Bertz CT molecular complexity index is 429. The second kappa shape index (κ2) is 5.61. The van der Waals surface area contributed by atoms with E-state index >= 15 is 0 Å². The summed E-state index contributed by atoms with van der Waals surface area (Å²) >= 11 is 0. The highest BCUT2D eigenvalue weighted by Crippen LogP contribution is 2.26. The number of rotatable bonds is 5.